The zero-order valence-electron chi connectivity index (χ0n) is 9.68. The number of fused-ring (bicyclic) bond motifs is 3. The van der Waals surface area contributed by atoms with E-state index in [-0.39, 0.29) is 5.91 Å². The summed E-state index contributed by atoms with van der Waals surface area (Å²) in [6.45, 7) is 0. The molecule has 0 radical (unpaired) electrons. The fourth-order valence-corrected chi connectivity index (χ4v) is 2.32. The molecule has 0 unspecified atom stereocenters. The summed E-state index contributed by atoms with van der Waals surface area (Å²) in [7, 11) is 0. The van der Waals surface area contributed by atoms with Crippen molar-refractivity contribution >= 4 is 5.91 Å². The molecule has 0 aliphatic carbocycles. The number of nitrogens with two attached hydrogens (primary N) is 2. The maximum absolute atomic E-state index is 12.1. The molecule has 2 aromatic rings. The Hall–Kier alpha value is -2.17. The highest BCUT2D eigenvalue weighted by atomic mass is 16.2. The van der Waals surface area contributed by atoms with E-state index in [0.29, 0.717) is 11.1 Å². The third kappa shape index (κ3) is 1.51. The van der Waals surface area contributed by atoms with Gasteiger partial charge in [0, 0.05) is 11.1 Å². The van der Waals surface area contributed by atoms with Crippen LogP contribution in [0.15, 0.2) is 48.5 Å². The summed E-state index contributed by atoms with van der Waals surface area (Å²) in [5.74, 6) is -1.61. The average molecular weight is 239 g/mol. The Labute approximate surface area is 105 Å². The van der Waals surface area contributed by atoms with Crippen LogP contribution < -0.4 is 16.8 Å². The molecule has 0 spiro atoms. The second-order valence-corrected chi connectivity index (χ2v) is 4.41. The standard InChI is InChI=1S/C14H13N3O/c15-14(16)12-8-4-3-6-10(12)9-5-1-2-7-11(9)13(18)17-14/h1-8H,15-16H2,(H,17,18). The summed E-state index contributed by atoms with van der Waals surface area (Å²) < 4.78 is 0. The van der Waals surface area contributed by atoms with Crippen LogP contribution in [0.4, 0.5) is 0 Å². The Morgan fingerprint density at radius 3 is 2.11 bits per heavy atom. The molecule has 90 valence electrons. The molecular weight excluding hydrogens is 226 g/mol. The van der Waals surface area contributed by atoms with Crippen molar-refractivity contribution in [3.05, 3.63) is 59.7 Å². The van der Waals surface area contributed by atoms with Gasteiger partial charge in [0.15, 0.2) is 5.79 Å². The molecule has 1 amide bonds. The van der Waals surface area contributed by atoms with E-state index in [1.54, 1.807) is 6.07 Å². The highest BCUT2D eigenvalue weighted by Crippen LogP contribution is 2.32. The van der Waals surface area contributed by atoms with E-state index in [9.17, 15) is 4.79 Å². The molecule has 0 saturated carbocycles. The van der Waals surface area contributed by atoms with Gasteiger partial charge in [0.05, 0.1) is 0 Å². The van der Waals surface area contributed by atoms with Gasteiger partial charge < -0.3 is 5.32 Å². The molecule has 1 heterocycles. The van der Waals surface area contributed by atoms with Crippen LogP contribution in [0.1, 0.15) is 15.9 Å². The molecule has 0 fully saturated rings. The fourth-order valence-electron chi connectivity index (χ4n) is 2.32. The number of carbonyl (C=O) groups is 1. The number of nitrogens with one attached hydrogen (secondary N) is 1. The Balaban J connectivity index is 2.37. The van der Waals surface area contributed by atoms with Crippen molar-refractivity contribution in [2.45, 2.75) is 5.79 Å². The summed E-state index contributed by atoms with van der Waals surface area (Å²) in [4.78, 5) is 12.1. The minimum Gasteiger partial charge on any atom is -0.318 e. The highest BCUT2D eigenvalue weighted by molar-refractivity contribution is 6.03. The third-order valence-electron chi connectivity index (χ3n) is 3.15. The van der Waals surface area contributed by atoms with E-state index in [0.717, 1.165) is 11.1 Å². The number of hydrogen-bond acceptors (Lipinski definition) is 3. The Kier molecular flexibility index (Phi) is 2.23. The van der Waals surface area contributed by atoms with Gasteiger partial charge in [-0.05, 0) is 17.2 Å². The normalized spacial score (nSPS) is 16.2. The Bertz CT molecular complexity index is 634. The molecule has 4 heteroatoms. The zero-order chi connectivity index (χ0) is 12.8. The lowest BCUT2D eigenvalue weighted by molar-refractivity contribution is 0.0905. The molecule has 0 saturated heterocycles. The lowest BCUT2D eigenvalue weighted by Crippen LogP contribution is -2.59. The van der Waals surface area contributed by atoms with E-state index in [1.807, 2.05) is 42.5 Å². The predicted octanol–water partition coefficient (Wildman–Crippen LogP) is 1.12. The maximum atomic E-state index is 12.1. The van der Waals surface area contributed by atoms with Crippen LogP contribution in [0.5, 0.6) is 0 Å². The van der Waals surface area contributed by atoms with Crippen molar-refractivity contribution < 1.29 is 4.79 Å². The topological polar surface area (TPSA) is 81.1 Å². The fraction of sp³-hybridized carbons (Fsp3) is 0.0714. The number of benzene rings is 2. The van der Waals surface area contributed by atoms with Crippen LogP contribution in [0, 0.1) is 0 Å². The van der Waals surface area contributed by atoms with Gasteiger partial charge in [-0.3, -0.25) is 16.3 Å². The monoisotopic (exact) mass is 239 g/mol. The summed E-state index contributed by atoms with van der Waals surface area (Å²) in [6.07, 6.45) is 0. The van der Waals surface area contributed by atoms with Crippen LogP contribution >= 0.6 is 0 Å². The SMILES string of the molecule is NC1(N)NC(=O)c2ccccc2-c2ccccc21. The van der Waals surface area contributed by atoms with Gasteiger partial charge in [-0.1, -0.05) is 42.5 Å². The van der Waals surface area contributed by atoms with E-state index in [4.69, 9.17) is 11.5 Å². The van der Waals surface area contributed by atoms with Crippen molar-refractivity contribution in [3.8, 4) is 11.1 Å². The lowest BCUT2D eigenvalue weighted by Gasteiger charge is -2.25. The van der Waals surface area contributed by atoms with Gasteiger partial charge in [0.2, 0.25) is 0 Å². The first-order valence-electron chi connectivity index (χ1n) is 5.69. The summed E-state index contributed by atoms with van der Waals surface area (Å²) in [6, 6.07) is 14.9. The van der Waals surface area contributed by atoms with Crippen molar-refractivity contribution in [1.82, 2.24) is 5.32 Å². The minimum absolute atomic E-state index is 0.258. The highest BCUT2D eigenvalue weighted by Gasteiger charge is 2.32. The van der Waals surface area contributed by atoms with Gasteiger partial charge in [0.25, 0.3) is 5.91 Å². The molecule has 18 heavy (non-hydrogen) atoms. The molecule has 4 nitrogen and oxygen atoms in total. The van der Waals surface area contributed by atoms with E-state index in [1.165, 1.54) is 0 Å². The maximum Gasteiger partial charge on any atom is 0.254 e. The molecule has 0 bridgehead atoms. The van der Waals surface area contributed by atoms with Gasteiger partial charge in [-0.15, -0.1) is 0 Å². The van der Waals surface area contributed by atoms with Crippen LogP contribution in [0.3, 0.4) is 0 Å². The Morgan fingerprint density at radius 2 is 1.39 bits per heavy atom. The lowest BCUT2D eigenvalue weighted by atomic mass is 9.94. The zero-order valence-corrected chi connectivity index (χ0v) is 9.68. The second-order valence-electron chi connectivity index (χ2n) is 4.41. The molecule has 0 aromatic heterocycles. The number of hydrogen-bond donors (Lipinski definition) is 3. The Morgan fingerprint density at radius 1 is 0.833 bits per heavy atom. The van der Waals surface area contributed by atoms with Gasteiger partial charge in [0.1, 0.15) is 0 Å². The van der Waals surface area contributed by atoms with Crippen molar-refractivity contribution in [2.75, 3.05) is 0 Å². The molecule has 0 atom stereocenters. The van der Waals surface area contributed by atoms with Gasteiger partial charge in [-0.25, -0.2) is 0 Å². The van der Waals surface area contributed by atoms with Gasteiger partial charge >= 0.3 is 0 Å². The van der Waals surface area contributed by atoms with E-state index < -0.39 is 5.79 Å². The van der Waals surface area contributed by atoms with Crippen LogP contribution in [-0.2, 0) is 5.79 Å². The summed E-state index contributed by atoms with van der Waals surface area (Å²) in [5.41, 5.74) is 15.0. The molecule has 2 aromatic carbocycles. The first-order chi connectivity index (χ1) is 8.59. The number of carbonyl (C=O) groups excluding carboxylic acids is 1. The second kappa shape index (κ2) is 3.66. The summed E-state index contributed by atoms with van der Waals surface area (Å²) >= 11 is 0. The first-order valence-corrected chi connectivity index (χ1v) is 5.69. The van der Waals surface area contributed by atoms with E-state index >= 15 is 0 Å². The van der Waals surface area contributed by atoms with Crippen LogP contribution in [-0.4, -0.2) is 5.91 Å². The van der Waals surface area contributed by atoms with Crippen LogP contribution in [0.25, 0.3) is 11.1 Å². The predicted molar refractivity (Wildman–Crippen MR) is 69.4 cm³/mol. The molecule has 1 aliphatic heterocycles. The van der Waals surface area contributed by atoms with Crippen molar-refractivity contribution in [2.24, 2.45) is 11.5 Å². The summed E-state index contributed by atoms with van der Waals surface area (Å²) in [5, 5.41) is 2.65. The van der Waals surface area contributed by atoms with E-state index in [2.05, 4.69) is 5.32 Å². The minimum atomic E-state index is -1.35. The number of amides is 1. The van der Waals surface area contributed by atoms with Gasteiger partial charge in [-0.2, -0.15) is 0 Å². The largest absolute Gasteiger partial charge is 0.318 e. The molecular formula is C14H13N3O. The molecule has 3 rings (SSSR count). The first kappa shape index (κ1) is 11.0. The molecule has 5 N–H and O–H groups in total. The van der Waals surface area contributed by atoms with Crippen LogP contribution in [0.2, 0.25) is 0 Å². The van der Waals surface area contributed by atoms with Crippen molar-refractivity contribution in [1.29, 1.82) is 0 Å². The third-order valence-corrected chi connectivity index (χ3v) is 3.15. The smallest absolute Gasteiger partial charge is 0.254 e. The average Bonchev–Trinajstić information content (AvgIpc) is 2.45. The molecule has 1 aliphatic rings. The number of rotatable bonds is 0. The quantitative estimate of drug-likeness (QED) is 0.603. The van der Waals surface area contributed by atoms with Crippen molar-refractivity contribution in [3.63, 3.8) is 0 Å².